The van der Waals surface area contributed by atoms with Crippen molar-refractivity contribution >= 4 is 0 Å². The molecule has 0 spiro atoms. The summed E-state index contributed by atoms with van der Waals surface area (Å²) < 4.78 is 7.22. The topological polar surface area (TPSA) is 47.3 Å². The number of ether oxygens (including phenoxy) is 1. The number of methoxy groups -OCH3 is 1. The summed E-state index contributed by atoms with van der Waals surface area (Å²) in [6.45, 7) is 4.73. The molecule has 0 saturated heterocycles. The van der Waals surface area contributed by atoms with Gasteiger partial charge in [0, 0.05) is 12.4 Å². The number of benzene rings is 1. The van der Waals surface area contributed by atoms with Crippen LogP contribution < -0.4 is 4.74 Å². The van der Waals surface area contributed by atoms with Gasteiger partial charge in [0.25, 0.3) is 0 Å². The third kappa shape index (κ3) is 3.15. The van der Waals surface area contributed by atoms with Crippen molar-refractivity contribution in [3.63, 3.8) is 0 Å². The third-order valence-electron chi connectivity index (χ3n) is 3.20. The fourth-order valence-corrected chi connectivity index (χ4v) is 2.11. The number of hydrogen-bond donors (Lipinski definition) is 1. The van der Waals surface area contributed by atoms with E-state index in [-0.39, 0.29) is 0 Å². The normalized spacial score (nSPS) is 12.7. The molecule has 0 aliphatic rings. The SMILES string of the molecule is COc1ccc(C(O)Cn2ccnc2)cc1C(C)C. The molecule has 2 rings (SSSR count). The maximum absolute atomic E-state index is 10.3. The summed E-state index contributed by atoms with van der Waals surface area (Å²) in [4.78, 5) is 3.97. The zero-order valence-electron chi connectivity index (χ0n) is 11.6. The Morgan fingerprint density at radius 3 is 2.74 bits per heavy atom. The van der Waals surface area contributed by atoms with E-state index in [0.717, 1.165) is 16.9 Å². The lowest BCUT2D eigenvalue weighted by molar-refractivity contribution is 0.156. The van der Waals surface area contributed by atoms with Crippen molar-refractivity contribution in [1.82, 2.24) is 9.55 Å². The second-order valence-electron chi connectivity index (χ2n) is 4.93. The molecule has 0 aliphatic carbocycles. The smallest absolute Gasteiger partial charge is 0.122 e. The van der Waals surface area contributed by atoms with Crippen LogP contribution in [0.15, 0.2) is 36.9 Å². The van der Waals surface area contributed by atoms with E-state index in [2.05, 4.69) is 18.8 Å². The summed E-state index contributed by atoms with van der Waals surface area (Å²) in [5.74, 6) is 1.23. The minimum atomic E-state index is -0.544. The van der Waals surface area contributed by atoms with E-state index in [4.69, 9.17) is 4.74 Å². The first-order chi connectivity index (χ1) is 9.11. The second-order valence-corrected chi connectivity index (χ2v) is 4.93. The molecule has 19 heavy (non-hydrogen) atoms. The van der Waals surface area contributed by atoms with Crippen molar-refractivity contribution in [3.8, 4) is 5.75 Å². The molecule has 1 atom stereocenters. The number of rotatable bonds is 5. The van der Waals surface area contributed by atoms with Gasteiger partial charge in [-0.15, -0.1) is 0 Å². The van der Waals surface area contributed by atoms with Crippen LogP contribution in [-0.4, -0.2) is 21.8 Å². The predicted octanol–water partition coefficient (Wildman–Crippen LogP) is 2.75. The lowest BCUT2D eigenvalue weighted by Crippen LogP contribution is -2.08. The summed E-state index contributed by atoms with van der Waals surface area (Å²) in [6.07, 6.45) is 4.71. The van der Waals surface area contributed by atoms with Crippen LogP contribution in [0.3, 0.4) is 0 Å². The van der Waals surface area contributed by atoms with Crippen molar-refractivity contribution in [2.24, 2.45) is 0 Å². The highest BCUT2D eigenvalue weighted by Crippen LogP contribution is 2.29. The second kappa shape index (κ2) is 5.89. The number of aliphatic hydroxyl groups excluding tert-OH is 1. The van der Waals surface area contributed by atoms with Gasteiger partial charge in [-0.2, -0.15) is 0 Å². The van der Waals surface area contributed by atoms with Crippen LogP contribution in [0, 0.1) is 0 Å². The van der Waals surface area contributed by atoms with Crippen molar-refractivity contribution in [1.29, 1.82) is 0 Å². The zero-order chi connectivity index (χ0) is 13.8. The molecule has 1 heterocycles. The zero-order valence-corrected chi connectivity index (χ0v) is 11.6. The summed E-state index contributed by atoms with van der Waals surface area (Å²) in [5.41, 5.74) is 2.02. The largest absolute Gasteiger partial charge is 0.496 e. The van der Waals surface area contributed by atoms with E-state index < -0.39 is 6.10 Å². The van der Waals surface area contributed by atoms with Gasteiger partial charge in [0.15, 0.2) is 0 Å². The van der Waals surface area contributed by atoms with Gasteiger partial charge >= 0.3 is 0 Å². The average molecular weight is 260 g/mol. The standard InChI is InChI=1S/C15H20N2O2/c1-11(2)13-8-12(4-5-15(13)19-3)14(18)9-17-7-6-16-10-17/h4-8,10-11,14,18H,9H2,1-3H3. The molecule has 1 aromatic carbocycles. The number of hydrogen-bond acceptors (Lipinski definition) is 3. The van der Waals surface area contributed by atoms with E-state index in [0.29, 0.717) is 12.5 Å². The number of imidazole rings is 1. The quantitative estimate of drug-likeness (QED) is 0.899. The van der Waals surface area contributed by atoms with Gasteiger partial charge in [0.1, 0.15) is 5.75 Å². The predicted molar refractivity (Wildman–Crippen MR) is 74.3 cm³/mol. The Balaban J connectivity index is 2.22. The maximum atomic E-state index is 10.3. The molecule has 0 amide bonds. The van der Waals surface area contributed by atoms with Crippen molar-refractivity contribution in [3.05, 3.63) is 48.0 Å². The van der Waals surface area contributed by atoms with Gasteiger partial charge in [-0.25, -0.2) is 4.98 Å². The molecule has 0 saturated carbocycles. The Bertz CT molecular complexity index is 521. The van der Waals surface area contributed by atoms with Gasteiger partial charge < -0.3 is 14.4 Å². The first-order valence-electron chi connectivity index (χ1n) is 6.43. The highest BCUT2D eigenvalue weighted by Gasteiger charge is 2.13. The van der Waals surface area contributed by atoms with Crippen LogP contribution in [0.1, 0.15) is 37.0 Å². The number of nitrogens with zero attached hydrogens (tertiary/aromatic N) is 2. The Kier molecular flexibility index (Phi) is 4.22. The van der Waals surface area contributed by atoms with Gasteiger partial charge in [-0.1, -0.05) is 19.9 Å². The van der Waals surface area contributed by atoms with Gasteiger partial charge in [-0.05, 0) is 29.2 Å². The first kappa shape index (κ1) is 13.6. The van der Waals surface area contributed by atoms with Crippen molar-refractivity contribution < 1.29 is 9.84 Å². The molecule has 4 nitrogen and oxygen atoms in total. The fraction of sp³-hybridized carbons (Fsp3) is 0.400. The average Bonchev–Trinajstić information content (AvgIpc) is 2.90. The molecule has 1 N–H and O–H groups in total. The van der Waals surface area contributed by atoms with Crippen LogP contribution in [0.25, 0.3) is 0 Å². The van der Waals surface area contributed by atoms with Crippen LogP contribution in [0.5, 0.6) is 5.75 Å². The van der Waals surface area contributed by atoms with Crippen LogP contribution in [0.4, 0.5) is 0 Å². The molecule has 0 radical (unpaired) electrons. The Morgan fingerprint density at radius 1 is 1.37 bits per heavy atom. The van der Waals surface area contributed by atoms with Crippen LogP contribution in [-0.2, 0) is 6.54 Å². The van der Waals surface area contributed by atoms with Gasteiger partial charge in [0.05, 0.1) is 26.1 Å². The molecular weight excluding hydrogens is 240 g/mol. The minimum absolute atomic E-state index is 0.357. The molecule has 102 valence electrons. The van der Waals surface area contributed by atoms with Crippen LogP contribution in [0.2, 0.25) is 0 Å². The molecule has 1 aromatic heterocycles. The molecule has 4 heteroatoms. The molecule has 0 aliphatic heterocycles. The summed E-state index contributed by atoms with van der Waals surface area (Å²) in [5, 5.41) is 10.3. The molecular formula is C15H20N2O2. The monoisotopic (exact) mass is 260 g/mol. The minimum Gasteiger partial charge on any atom is -0.496 e. The lowest BCUT2D eigenvalue weighted by atomic mass is 9.97. The van der Waals surface area contributed by atoms with Crippen molar-refractivity contribution in [2.45, 2.75) is 32.4 Å². The number of aliphatic hydroxyl groups is 1. The molecule has 0 fully saturated rings. The first-order valence-corrected chi connectivity index (χ1v) is 6.43. The molecule has 1 unspecified atom stereocenters. The van der Waals surface area contributed by atoms with Gasteiger partial charge in [0.2, 0.25) is 0 Å². The summed E-state index contributed by atoms with van der Waals surface area (Å²) in [6, 6.07) is 5.85. The molecule has 0 bridgehead atoms. The van der Waals surface area contributed by atoms with E-state index in [1.807, 2.05) is 29.0 Å². The Hall–Kier alpha value is -1.81. The Morgan fingerprint density at radius 2 is 2.16 bits per heavy atom. The van der Waals surface area contributed by atoms with E-state index in [9.17, 15) is 5.11 Å². The van der Waals surface area contributed by atoms with Gasteiger partial charge in [-0.3, -0.25) is 0 Å². The highest BCUT2D eigenvalue weighted by molar-refractivity contribution is 5.40. The van der Waals surface area contributed by atoms with E-state index in [1.54, 1.807) is 19.6 Å². The number of aromatic nitrogens is 2. The molecule has 2 aromatic rings. The summed E-state index contributed by atoms with van der Waals surface area (Å²) >= 11 is 0. The Labute approximate surface area is 113 Å². The van der Waals surface area contributed by atoms with E-state index in [1.165, 1.54) is 0 Å². The third-order valence-corrected chi connectivity index (χ3v) is 3.20. The van der Waals surface area contributed by atoms with Crippen LogP contribution >= 0.6 is 0 Å². The summed E-state index contributed by atoms with van der Waals surface area (Å²) in [7, 11) is 1.67. The fourth-order valence-electron chi connectivity index (χ4n) is 2.11. The van der Waals surface area contributed by atoms with E-state index >= 15 is 0 Å². The van der Waals surface area contributed by atoms with Crippen molar-refractivity contribution in [2.75, 3.05) is 7.11 Å². The lowest BCUT2D eigenvalue weighted by Gasteiger charge is -2.17. The maximum Gasteiger partial charge on any atom is 0.122 e. The highest BCUT2D eigenvalue weighted by atomic mass is 16.5.